The van der Waals surface area contributed by atoms with E-state index in [2.05, 4.69) is 0 Å². The molecule has 0 aromatic heterocycles. The van der Waals surface area contributed by atoms with Gasteiger partial charge in [0, 0.05) is 5.57 Å². The normalized spacial score (nSPS) is 17.4. The van der Waals surface area contributed by atoms with E-state index in [4.69, 9.17) is 10.2 Å². The Bertz CT molecular complexity index is 327. The number of unbranched alkanes of at least 4 members (excludes halogenated alkanes) is 1. The largest absolute Gasteiger partial charge is 0.481 e. The highest BCUT2D eigenvalue weighted by Gasteiger charge is 2.13. The quantitative estimate of drug-likeness (QED) is 0.521. The van der Waals surface area contributed by atoms with E-state index in [1.165, 1.54) is 44.6 Å². The van der Waals surface area contributed by atoms with Crippen molar-refractivity contribution in [3.05, 3.63) is 11.6 Å². The van der Waals surface area contributed by atoms with E-state index in [1.807, 2.05) is 0 Å². The predicted molar refractivity (Wildman–Crippen MR) is 73.0 cm³/mol. The Morgan fingerprint density at radius 1 is 1.05 bits per heavy atom. The van der Waals surface area contributed by atoms with Gasteiger partial charge in [-0.3, -0.25) is 4.79 Å². The van der Waals surface area contributed by atoms with Gasteiger partial charge < -0.3 is 10.2 Å². The third kappa shape index (κ3) is 6.99. The summed E-state index contributed by atoms with van der Waals surface area (Å²) in [5.74, 6) is -1.15. The van der Waals surface area contributed by atoms with Gasteiger partial charge in [0.05, 0.1) is 6.42 Å². The average molecular weight is 268 g/mol. The highest BCUT2D eigenvalue weighted by molar-refractivity contribution is 5.87. The van der Waals surface area contributed by atoms with E-state index in [0.717, 1.165) is 18.8 Å². The van der Waals surface area contributed by atoms with Gasteiger partial charge in [0.2, 0.25) is 0 Å². The molecule has 0 spiro atoms. The second kappa shape index (κ2) is 8.73. The SMILES string of the molecule is O=C(O)C/C=C(/CCCCC1CCCCC1)C(=O)O. The fourth-order valence-corrected chi connectivity index (χ4v) is 2.73. The number of hydrogen-bond donors (Lipinski definition) is 2. The molecule has 2 N–H and O–H groups in total. The van der Waals surface area contributed by atoms with Gasteiger partial charge in [-0.2, -0.15) is 0 Å². The van der Waals surface area contributed by atoms with Crippen LogP contribution in [0.2, 0.25) is 0 Å². The fourth-order valence-electron chi connectivity index (χ4n) is 2.73. The van der Waals surface area contributed by atoms with E-state index in [9.17, 15) is 9.59 Å². The molecule has 0 bridgehead atoms. The van der Waals surface area contributed by atoms with Crippen molar-refractivity contribution in [3.63, 3.8) is 0 Å². The molecule has 0 aromatic carbocycles. The molecule has 4 nitrogen and oxygen atoms in total. The molecule has 1 aliphatic rings. The van der Waals surface area contributed by atoms with Gasteiger partial charge in [-0.15, -0.1) is 0 Å². The first-order valence-corrected chi connectivity index (χ1v) is 7.23. The highest BCUT2D eigenvalue weighted by Crippen LogP contribution is 2.28. The van der Waals surface area contributed by atoms with Crippen molar-refractivity contribution in [1.29, 1.82) is 0 Å². The Morgan fingerprint density at radius 2 is 1.74 bits per heavy atom. The second-order valence-corrected chi connectivity index (χ2v) is 5.38. The minimum Gasteiger partial charge on any atom is -0.481 e. The van der Waals surface area contributed by atoms with Crippen molar-refractivity contribution < 1.29 is 19.8 Å². The van der Waals surface area contributed by atoms with Crippen LogP contribution in [0.15, 0.2) is 11.6 Å². The van der Waals surface area contributed by atoms with Crippen LogP contribution in [0.4, 0.5) is 0 Å². The van der Waals surface area contributed by atoms with E-state index < -0.39 is 11.9 Å². The molecule has 0 atom stereocenters. The molecular weight excluding hydrogens is 244 g/mol. The Morgan fingerprint density at radius 3 is 2.32 bits per heavy atom. The summed E-state index contributed by atoms with van der Waals surface area (Å²) < 4.78 is 0. The molecule has 0 aliphatic heterocycles. The van der Waals surface area contributed by atoms with Crippen LogP contribution in [0.3, 0.4) is 0 Å². The number of hydrogen-bond acceptors (Lipinski definition) is 2. The maximum absolute atomic E-state index is 10.9. The standard InChI is InChI=1S/C15H24O4/c16-14(17)11-10-13(15(18)19)9-5-4-8-12-6-2-1-3-7-12/h10,12H,1-9,11H2,(H,16,17)(H,18,19)/b13-10-. The molecule has 0 radical (unpaired) electrons. The average Bonchev–Trinajstić information content (AvgIpc) is 2.38. The van der Waals surface area contributed by atoms with Gasteiger partial charge in [-0.05, 0) is 18.8 Å². The van der Waals surface area contributed by atoms with Crippen molar-refractivity contribution in [3.8, 4) is 0 Å². The zero-order chi connectivity index (χ0) is 14.1. The summed E-state index contributed by atoms with van der Waals surface area (Å²) in [7, 11) is 0. The summed E-state index contributed by atoms with van der Waals surface area (Å²) in [4.78, 5) is 21.4. The van der Waals surface area contributed by atoms with Crippen LogP contribution in [0.5, 0.6) is 0 Å². The third-order valence-electron chi connectivity index (χ3n) is 3.83. The van der Waals surface area contributed by atoms with Crippen LogP contribution in [0.25, 0.3) is 0 Å². The molecule has 0 amide bonds. The molecule has 4 heteroatoms. The molecule has 0 unspecified atom stereocenters. The number of carboxylic acids is 2. The van der Waals surface area contributed by atoms with Crippen molar-refractivity contribution in [2.24, 2.45) is 5.92 Å². The minimum atomic E-state index is -0.987. The molecule has 1 saturated carbocycles. The molecule has 1 fully saturated rings. The summed E-state index contributed by atoms with van der Waals surface area (Å²) in [6.07, 6.45) is 11.3. The van der Waals surface area contributed by atoms with Gasteiger partial charge in [0.1, 0.15) is 0 Å². The molecule has 0 aromatic rings. The first-order chi connectivity index (χ1) is 9.09. The molecule has 1 rings (SSSR count). The van der Waals surface area contributed by atoms with Crippen LogP contribution >= 0.6 is 0 Å². The van der Waals surface area contributed by atoms with E-state index in [0.29, 0.717) is 6.42 Å². The summed E-state index contributed by atoms with van der Waals surface area (Å²) in [5, 5.41) is 17.5. The van der Waals surface area contributed by atoms with Crippen LogP contribution in [0, 0.1) is 5.92 Å². The molecule has 0 saturated heterocycles. The van der Waals surface area contributed by atoms with Crippen molar-refractivity contribution >= 4 is 11.9 Å². The topological polar surface area (TPSA) is 74.6 Å². The third-order valence-corrected chi connectivity index (χ3v) is 3.83. The molecule has 108 valence electrons. The number of carbonyl (C=O) groups is 2. The van der Waals surface area contributed by atoms with Crippen LogP contribution in [-0.4, -0.2) is 22.2 Å². The van der Waals surface area contributed by atoms with Crippen molar-refractivity contribution in [1.82, 2.24) is 0 Å². The van der Waals surface area contributed by atoms with Crippen molar-refractivity contribution in [2.75, 3.05) is 0 Å². The molecule has 19 heavy (non-hydrogen) atoms. The maximum Gasteiger partial charge on any atom is 0.331 e. The maximum atomic E-state index is 10.9. The molecule has 0 heterocycles. The monoisotopic (exact) mass is 268 g/mol. The Kier molecular flexibility index (Phi) is 7.23. The van der Waals surface area contributed by atoms with Crippen LogP contribution in [0.1, 0.15) is 64.2 Å². The summed E-state index contributed by atoms with van der Waals surface area (Å²) >= 11 is 0. The van der Waals surface area contributed by atoms with Gasteiger partial charge in [0.25, 0.3) is 0 Å². The van der Waals surface area contributed by atoms with Gasteiger partial charge in [0.15, 0.2) is 0 Å². The first-order valence-electron chi connectivity index (χ1n) is 7.23. The van der Waals surface area contributed by atoms with Crippen LogP contribution in [-0.2, 0) is 9.59 Å². The number of rotatable bonds is 8. The van der Waals surface area contributed by atoms with Gasteiger partial charge in [-0.25, -0.2) is 4.79 Å². The lowest BCUT2D eigenvalue weighted by Gasteiger charge is -2.21. The number of aliphatic carboxylic acids is 2. The predicted octanol–water partition coefficient (Wildman–Crippen LogP) is 3.61. The van der Waals surface area contributed by atoms with E-state index in [1.54, 1.807) is 0 Å². The lowest BCUT2D eigenvalue weighted by atomic mass is 9.85. The number of carboxylic acid groups (broad SMARTS) is 2. The smallest absolute Gasteiger partial charge is 0.331 e. The molecular formula is C15H24O4. The first kappa shape index (κ1) is 15.7. The highest BCUT2D eigenvalue weighted by atomic mass is 16.4. The second-order valence-electron chi connectivity index (χ2n) is 5.38. The summed E-state index contributed by atoms with van der Waals surface area (Å²) in [5.41, 5.74) is 0.242. The van der Waals surface area contributed by atoms with E-state index in [-0.39, 0.29) is 12.0 Å². The van der Waals surface area contributed by atoms with E-state index >= 15 is 0 Å². The fraction of sp³-hybridized carbons (Fsp3) is 0.733. The Hall–Kier alpha value is -1.32. The minimum absolute atomic E-state index is 0.204. The van der Waals surface area contributed by atoms with Gasteiger partial charge >= 0.3 is 11.9 Å². The molecule has 1 aliphatic carbocycles. The lowest BCUT2D eigenvalue weighted by Crippen LogP contribution is -2.06. The Balaban J connectivity index is 2.22. The lowest BCUT2D eigenvalue weighted by molar-refractivity contribution is -0.136. The van der Waals surface area contributed by atoms with Crippen LogP contribution < -0.4 is 0 Å². The van der Waals surface area contributed by atoms with Gasteiger partial charge in [-0.1, -0.05) is 51.0 Å². The zero-order valence-corrected chi connectivity index (χ0v) is 11.4. The summed E-state index contributed by atoms with van der Waals surface area (Å²) in [6, 6.07) is 0. The Labute approximate surface area is 114 Å². The van der Waals surface area contributed by atoms with Crippen molar-refractivity contribution in [2.45, 2.75) is 64.2 Å². The summed E-state index contributed by atoms with van der Waals surface area (Å²) in [6.45, 7) is 0. The zero-order valence-electron chi connectivity index (χ0n) is 11.4.